The van der Waals surface area contributed by atoms with Crippen molar-refractivity contribution in [1.82, 2.24) is 10.2 Å². The lowest BCUT2D eigenvalue weighted by Crippen LogP contribution is -2.50. The zero-order chi connectivity index (χ0) is 14.9. The quantitative estimate of drug-likeness (QED) is 0.921. The summed E-state index contributed by atoms with van der Waals surface area (Å²) < 4.78 is 10.8. The molecule has 0 spiro atoms. The van der Waals surface area contributed by atoms with Crippen molar-refractivity contribution in [3.05, 3.63) is 29.8 Å². The number of nitrogens with zero attached hydrogens (tertiary/aromatic N) is 1. The first kappa shape index (κ1) is 14.2. The fourth-order valence-corrected chi connectivity index (χ4v) is 3.35. The van der Waals surface area contributed by atoms with Gasteiger partial charge in [-0.2, -0.15) is 0 Å². The Morgan fingerprint density at radius 1 is 1.48 bits per heavy atom. The third-order valence-electron chi connectivity index (χ3n) is 4.79. The normalized spacial score (nSPS) is 28.8. The number of carbonyl (C=O) groups excluding carboxylic acids is 1. The van der Waals surface area contributed by atoms with E-state index in [1.54, 1.807) is 7.11 Å². The van der Waals surface area contributed by atoms with Crippen LogP contribution in [0.1, 0.15) is 18.9 Å². The second kappa shape index (κ2) is 5.56. The van der Waals surface area contributed by atoms with E-state index in [1.807, 2.05) is 29.2 Å². The summed E-state index contributed by atoms with van der Waals surface area (Å²) in [5.74, 6) is 1.24. The zero-order valence-corrected chi connectivity index (χ0v) is 12.6. The Balaban J connectivity index is 1.86. The van der Waals surface area contributed by atoms with Gasteiger partial charge in [0.25, 0.3) is 0 Å². The molecule has 1 aromatic rings. The van der Waals surface area contributed by atoms with Crippen LogP contribution in [-0.4, -0.2) is 43.3 Å². The minimum atomic E-state index is -0.249. The highest BCUT2D eigenvalue weighted by Crippen LogP contribution is 2.36. The van der Waals surface area contributed by atoms with Crippen LogP contribution in [0.2, 0.25) is 0 Å². The molecule has 3 rings (SSSR count). The Morgan fingerprint density at radius 3 is 3.00 bits per heavy atom. The van der Waals surface area contributed by atoms with Gasteiger partial charge < -0.3 is 14.8 Å². The largest absolute Gasteiger partial charge is 0.496 e. The van der Waals surface area contributed by atoms with Gasteiger partial charge in [-0.1, -0.05) is 18.2 Å². The molecule has 0 saturated carbocycles. The third-order valence-corrected chi connectivity index (χ3v) is 4.79. The first-order chi connectivity index (χ1) is 10.1. The summed E-state index contributed by atoms with van der Waals surface area (Å²) in [6.07, 6.45) is 0.852. The SMILES string of the molecule is COc1ccccc1CN1C(=O)OCC1(C)C1CCNC1. The Bertz CT molecular complexity index is 528. The molecule has 2 aliphatic rings. The molecule has 2 aliphatic heterocycles. The van der Waals surface area contributed by atoms with Crippen molar-refractivity contribution < 1.29 is 14.3 Å². The van der Waals surface area contributed by atoms with Crippen molar-refractivity contribution in [3.63, 3.8) is 0 Å². The third kappa shape index (κ3) is 2.46. The average molecular weight is 290 g/mol. The molecule has 1 N–H and O–H groups in total. The number of benzene rings is 1. The van der Waals surface area contributed by atoms with E-state index in [0.717, 1.165) is 30.8 Å². The van der Waals surface area contributed by atoms with Crippen molar-refractivity contribution >= 4 is 6.09 Å². The molecule has 114 valence electrons. The van der Waals surface area contributed by atoms with Crippen LogP contribution in [-0.2, 0) is 11.3 Å². The summed E-state index contributed by atoms with van der Waals surface area (Å²) in [6.45, 7) is 5.07. The summed E-state index contributed by atoms with van der Waals surface area (Å²) in [4.78, 5) is 14.1. The number of hydrogen-bond donors (Lipinski definition) is 1. The molecule has 2 heterocycles. The Labute approximate surface area is 125 Å². The van der Waals surface area contributed by atoms with Gasteiger partial charge in [0, 0.05) is 12.1 Å². The molecule has 0 aliphatic carbocycles. The van der Waals surface area contributed by atoms with Gasteiger partial charge in [-0.3, -0.25) is 4.90 Å². The van der Waals surface area contributed by atoms with E-state index in [0.29, 0.717) is 19.1 Å². The first-order valence-electron chi connectivity index (χ1n) is 7.42. The number of cyclic esters (lactones) is 1. The van der Waals surface area contributed by atoms with Crippen molar-refractivity contribution in [2.45, 2.75) is 25.4 Å². The maximum absolute atomic E-state index is 12.2. The molecule has 0 bridgehead atoms. The molecule has 0 radical (unpaired) electrons. The summed E-state index contributed by atoms with van der Waals surface area (Å²) >= 11 is 0. The fraction of sp³-hybridized carbons (Fsp3) is 0.562. The van der Waals surface area contributed by atoms with E-state index >= 15 is 0 Å². The van der Waals surface area contributed by atoms with E-state index < -0.39 is 0 Å². The number of hydrogen-bond acceptors (Lipinski definition) is 4. The van der Waals surface area contributed by atoms with Crippen LogP contribution >= 0.6 is 0 Å². The minimum absolute atomic E-state index is 0.227. The Kier molecular flexibility index (Phi) is 3.76. The smallest absolute Gasteiger partial charge is 0.410 e. The monoisotopic (exact) mass is 290 g/mol. The van der Waals surface area contributed by atoms with E-state index in [-0.39, 0.29) is 11.6 Å². The van der Waals surface area contributed by atoms with Crippen LogP contribution in [0.5, 0.6) is 5.75 Å². The van der Waals surface area contributed by atoms with Crippen molar-refractivity contribution in [2.24, 2.45) is 5.92 Å². The van der Waals surface area contributed by atoms with Gasteiger partial charge in [-0.15, -0.1) is 0 Å². The lowest BCUT2D eigenvalue weighted by Gasteiger charge is -2.37. The Hall–Kier alpha value is -1.75. The topological polar surface area (TPSA) is 50.8 Å². The van der Waals surface area contributed by atoms with E-state index in [2.05, 4.69) is 12.2 Å². The molecule has 5 heteroatoms. The second-order valence-corrected chi connectivity index (χ2v) is 6.00. The van der Waals surface area contributed by atoms with Crippen LogP contribution in [0.25, 0.3) is 0 Å². The van der Waals surface area contributed by atoms with Crippen LogP contribution < -0.4 is 10.1 Å². The van der Waals surface area contributed by atoms with Gasteiger partial charge in [-0.25, -0.2) is 4.79 Å². The predicted molar refractivity (Wildman–Crippen MR) is 79.3 cm³/mol. The summed E-state index contributed by atoms with van der Waals surface area (Å²) in [6, 6.07) is 7.82. The summed E-state index contributed by atoms with van der Waals surface area (Å²) in [7, 11) is 1.65. The van der Waals surface area contributed by atoms with Crippen LogP contribution in [0.15, 0.2) is 24.3 Å². The van der Waals surface area contributed by atoms with Gasteiger partial charge in [0.1, 0.15) is 12.4 Å². The van der Waals surface area contributed by atoms with Gasteiger partial charge in [-0.05, 0) is 31.9 Å². The van der Waals surface area contributed by atoms with Gasteiger partial charge in [0.05, 0.1) is 19.2 Å². The molecule has 21 heavy (non-hydrogen) atoms. The highest BCUT2D eigenvalue weighted by molar-refractivity contribution is 5.71. The molecule has 5 nitrogen and oxygen atoms in total. The van der Waals surface area contributed by atoms with Crippen molar-refractivity contribution in [3.8, 4) is 5.75 Å². The standard InChI is InChI=1S/C16H22N2O3/c1-16(13-7-8-17-9-13)11-21-15(19)18(16)10-12-5-3-4-6-14(12)20-2/h3-6,13,17H,7-11H2,1-2H3. The number of rotatable bonds is 4. The summed E-state index contributed by atoms with van der Waals surface area (Å²) in [5, 5.41) is 3.38. The lowest BCUT2D eigenvalue weighted by molar-refractivity contribution is 0.116. The minimum Gasteiger partial charge on any atom is -0.496 e. The molecule has 0 aromatic heterocycles. The Morgan fingerprint density at radius 2 is 2.29 bits per heavy atom. The maximum Gasteiger partial charge on any atom is 0.410 e. The number of nitrogens with one attached hydrogen (secondary N) is 1. The van der Waals surface area contributed by atoms with Crippen molar-refractivity contribution in [1.29, 1.82) is 0 Å². The summed E-state index contributed by atoms with van der Waals surface area (Å²) in [5.41, 5.74) is 0.762. The molecular weight excluding hydrogens is 268 g/mol. The van der Waals surface area contributed by atoms with Crippen LogP contribution in [0, 0.1) is 5.92 Å². The van der Waals surface area contributed by atoms with Crippen molar-refractivity contribution in [2.75, 3.05) is 26.8 Å². The van der Waals surface area contributed by atoms with Gasteiger partial charge >= 0.3 is 6.09 Å². The van der Waals surface area contributed by atoms with E-state index in [4.69, 9.17) is 9.47 Å². The molecule has 1 amide bonds. The van der Waals surface area contributed by atoms with Crippen LogP contribution in [0.4, 0.5) is 4.79 Å². The molecule has 2 unspecified atom stereocenters. The second-order valence-electron chi connectivity index (χ2n) is 6.00. The molecule has 2 saturated heterocycles. The molecule has 1 aromatic carbocycles. The molecule has 2 atom stereocenters. The number of para-hydroxylation sites is 1. The predicted octanol–water partition coefficient (Wildman–Crippen LogP) is 2.02. The highest BCUT2D eigenvalue weighted by Gasteiger charge is 2.49. The number of amides is 1. The number of ether oxygens (including phenoxy) is 2. The van der Waals surface area contributed by atoms with Gasteiger partial charge in [0.2, 0.25) is 0 Å². The highest BCUT2D eigenvalue weighted by atomic mass is 16.6. The average Bonchev–Trinajstić information content (AvgIpc) is 3.13. The first-order valence-corrected chi connectivity index (χ1v) is 7.42. The maximum atomic E-state index is 12.2. The zero-order valence-electron chi connectivity index (χ0n) is 12.6. The van der Waals surface area contributed by atoms with E-state index in [1.165, 1.54) is 0 Å². The fourth-order valence-electron chi connectivity index (χ4n) is 3.35. The lowest BCUT2D eigenvalue weighted by atomic mass is 9.84. The number of methoxy groups -OCH3 is 1. The molecular formula is C16H22N2O3. The van der Waals surface area contributed by atoms with Crippen LogP contribution in [0.3, 0.4) is 0 Å². The molecule has 2 fully saturated rings. The number of carbonyl (C=O) groups is 1. The van der Waals surface area contributed by atoms with E-state index in [9.17, 15) is 4.79 Å². The van der Waals surface area contributed by atoms with Gasteiger partial charge in [0.15, 0.2) is 0 Å².